The second-order valence-electron chi connectivity index (χ2n) is 8.85. The molecule has 0 aliphatic heterocycles. The van der Waals surface area contributed by atoms with Crippen LogP contribution in [0.2, 0.25) is 0 Å². The molecule has 5 heteroatoms. The number of Topliss-reactive ketones (excluding diaryl/α,β-unsaturated/α-hetero) is 1. The van der Waals surface area contributed by atoms with Gasteiger partial charge in [-0.2, -0.15) is 0 Å². The number of anilines is 1. The van der Waals surface area contributed by atoms with Crippen molar-refractivity contribution in [1.82, 2.24) is 4.57 Å². The van der Waals surface area contributed by atoms with E-state index in [2.05, 4.69) is 19.2 Å². The molecule has 0 spiro atoms. The smallest absolute Gasteiger partial charge is 0.268 e. The van der Waals surface area contributed by atoms with E-state index in [1.807, 2.05) is 56.3 Å². The van der Waals surface area contributed by atoms with Crippen LogP contribution in [0.25, 0.3) is 5.69 Å². The summed E-state index contributed by atoms with van der Waals surface area (Å²) in [6, 6.07) is 15.0. The zero-order valence-corrected chi connectivity index (χ0v) is 19.0. The maximum absolute atomic E-state index is 13.5. The van der Waals surface area contributed by atoms with Gasteiger partial charge in [0.15, 0.2) is 5.78 Å². The summed E-state index contributed by atoms with van der Waals surface area (Å²) in [5, 5.41) is 2.86. The molecular formula is C27H28N2O3. The molecule has 3 aromatic rings. The van der Waals surface area contributed by atoms with Gasteiger partial charge in [-0.15, -0.1) is 0 Å². The third-order valence-electron chi connectivity index (χ3n) is 6.11. The van der Waals surface area contributed by atoms with Crippen molar-refractivity contribution in [3.05, 3.63) is 92.4 Å². The average molecular weight is 429 g/mol. The van der Waals surface area contributed by atoms with Gasteiger partial charge in [0.2, 0.25) is 0 Å². The molecule has 2 aromatic carbocycles. The lowest BCUT2D eigenvalue weighted by Gasteiger charge is -2.22. The molecular weight excluding hydrogens is 400 g/mol. The minimum atomic E-state index is -0.504. The highest BCUT2D eigenvalue weighted by Gasteiger charge is 2.26. The van der Waals surface area contributed by atoms with Crippen LogP contribution in [0.15, 0.2) is 53.3 Å². The first-order valence-corrected chi connectivity index (χ1v) is 11.1. The Hall–Kier alpha value is -3.47. The topological polar surface area (TPSA) is 68.2 Å². The Kier molecular flexibility index (Phi) is 5.83. The van der Waals surface area contributed by atoms with Crippen LogP contribution in [-0.2, 0) is 6.42 Å². The number of aryl methyl sites for hydroxylation is 2. The first-order valence-electron chi connectivity index (χ1n) is 11.1. The highest BCUT2D eigenvalue weighted by Crippen LogP contribution is 2.25. The van der Waals surface area contributed by atoms with E-state index in [0.29, 0.717) is 47.8 Å². The molecule has 4 rings (SSSR count). The lowest BCUT2D eigenvalue weighted by Crippen LogP contribution is -2.33. The van der Waals surface area contributed by atoms with Crippen molar-refractivity contribution in [3.8, 4) is 5.69 Å². The molecule has 0 saturated carbocycles. The quantitative estimate of drug-likeness (QED) is 0.609. The van der Waals surface area contributed by atoms with Gasteiger partial charge in [0.05, 0.1) is 0 Å². The Labute approximate surface area is 188 Å². The number of fused-ring (bicyclic) bond motifs is 1. The van der Waals surface area contributed by atoms with Crippen LogP contribution in [0.1, 0.15) is 75.7 Å². The summed E-state index contributed by atoms with van der Waals surface area (Å²) in [5.41, 5.74) is 5.22. The van der Waals surface area contributed by atoms with Crippen LogP contribution >= 0.6 is 0 Å². The zero-order valence-electron chi connectivity index (χ0n) is 19.0. The number of amides is 1. The van der Waals surface area contributed by atoms with E-state index < -0.39 is 11.5 Å². The fourth-order valence-electron chi connectivity index (χ4n) is 4.28. The summed E-state index contributed by atoms with van der Waals surface area (Å²) >= 11 is 0. The van der Waals surface area contributed by atoms with Gasteiger partial charge >= 0.3 is 0 Å². The van der Waals surface area contributed by atoms with E-state index in [0.717, 1.165) is 16.7 Å². The van der Waals surface area contributed by atoms with Gasteiger partial charge in [-0.05, 0) is 68.0 Å². The van der Waals surface area contributed by atoms with Crippen LogP contribution in [0, 0.1) is 13.8 Å². The molecule has 0 saturated heterocycles. The van der Waals surface area contributed by atoms with Crippen LogP contribution < -0.4 is 10.9 Å². The van der Waals surface area contributed by atoms with Crippen LogP contribution in [0.5, 0.6) is 0 Å². The predicted octanol–water partition coefficient (Wildman–Crippen LogP) is 5.35. The van der Waals surface area contributed by atoms with E-state index >= 15 is 0 Å². The Balaban J connectivity index is 1.84. The summed E-state index contributed by atoms with van der Waals surface area (Å²) < 4.78 is 1.55. The second-order valence-corrected chi connectivity index (χ2v) is 8.85. The van der Waals surface area contributed by atoms with Crippen LogP contribution in [0.3, 0.4) is 0 Å². The van der Waals surface area contributed by atoms with Crippen LogP contribution in [-0.4, -0.2) is 16.3 Å². The van der Waals surface area contributed by atoms with E-state index in [1.54, 1.807) is 4.57 Å². The van der Waals surface area contributed by atoms with Crippen molar-refractivity contribution in [3.63, 3.8) is 0 Å². The van der Waals surface area contributed by atoms with E-state index in [-0.39, 0.29) is 11.3 Å². The molecule has 0 bridgehead atoms. The molecule has 5 nitrogen and oxygen atoms in total. The molecule has 1 N–H and O–H groups in total. The highest BCUT2D eigenvalue weighted by molar-refractivity contribution is 6.07. The van der Waals surface area contributed by atoms with Crippen molar-refractivity contribution < 1.29 is 9.59 Å². The lowest BCUT2D eigenvalue weighted by molar-refractivity contribution is 0.0971. The number of carbonyl (C=O) groups excluding carboxylic acids is 2. The number of nitrogens with one attached hydrogen (secondary N) is 1. The van der Waals surface area contributed by atoms with Gasteiger partial charge < -0.3 is 5.32 Å². The fraction of sp³-hybridized carbons (Fsp3) is 0.296. The van der Waals surface area contributed by atoms with E-state index in [9.17, 15) is 14.4 Å². The molecule has 0 atom stereocenters. The van der Waals surface area contributed by atoms with Gasteiger partial charge in [0.1, 0.15) is 5.56 Å². The van der Waals surface area contributed by atoms with E-state index in [4.69, 9.17) is 0 Å². The SMILES string of the molecule is Cc1ccc(NC(=O)c2cc3c(n(-c4ccc(C(C)C)cc4)c2=O)CCCC3=O)c(C)c1. The molecule has 1 heterocycles. The minimum absolute atomic E-state index is 0.0214. The maximum Gasteiger partial charge on any atom is 0.268 e. The zero-order chi connectivity index (χ0) is 23.0. The van der Waals surface area contributed by atoms with Gasteiger partial charge in [-0.1, -0.05) is 43.7 Å². The number of rotatable bonds is 4. The third kappa shape index (κ3) is 4.03. The number of ketones is 1. The number of hydrogen-bond donors (Lipinski definition) is 1. The molecule has 1 aliphatic carbocycles. The summed E-state index contributed by atoms with van der Waals surface area (Å²) in [6.45, 7) is 8.12. The van der Waals surface area contributed by atoms with Crippen molar-refractivity contribution in [2.75, 3.05) is 5.32 Å². The van der Waals surface area contributed by atoms with Gasteiger partial charge in [0.25, 0.3) is 11.5 Å². The normalized spacial score (nSPS) is 13.2. The first kappa shape index (κ1) is 21.8. The standard InChI is InChI=1S/C27H28N2O3/c1-16(2)19-9-11-20(12-10-19)29-24-6-5-7-25(30)21(24)15-22(27(29)32)26(31)28-23-13-8-17(3)14-18(23)4/h8-16H,5-7H2,1-4H3,(H,28,31). The number of hydrogen-bond acceptors (Lipinski definition) is 3. The Morgan fingerprint density at radius 1 is 0.969 bits per heavy atom. The van der Waals surface area contributed by atoms with Crippen molar-refractivity contribution in [1.29, 1.82) is 0 Å². The Morgan fingerprint density at radius 2 is 1.69 bits per heavy atom. The third-order valence-corrected chi connectivity index (χ3v) is 6.11. The number of pyridine rings is 1. The second kappa shape index (κ2) is 8.58. The summed E-state index contributed by atoms with van der Waals surface area (Å²) in [5.74, 6) is -0.166. The first-order chi connectivity index (χ1) is 15.3. The molecule has 164 valence electrons. The number of aromatic nitrogens is 1. The average Bonchev–Trinajstić information content (AvgIpc) is 2.75. The Morgan fingerprint density at radius 3 is 2.34 bits per heavy atom. The van der Waals surface area contributed by atoms with Gasteiger partial charge in [-0.3, -0.25) is 19.0 Å². The summed E-state index contributed by atoms with van der Waals surface area (Å²) in [4.78, 5) is 39.4. The molecule has 0 fully saturated rings. The molecule has 0 unspecified atom stereocenters. The number of carbonyl (C=O) groups is 2. The highest BCUT2D eigenvalue weighted by atomic mass is 16.2. The van der Waals surface area contributed by atoms with Crippen molar-refractivity contribution in [2.45, 2.75) is 52.9 Å². The lowest BCUT2D eigenvalue weighted by atomic mass is 9.92. The monoisotopic (exact) mass is 428 g/mol. The largest absolute Gasteiger partial charge is 0.322 e. The molecule has 1 aliphatic rings. The van der Waals surface area contributed by atoms with Crippen molar-refractivity contribution in [2.24, 2.45) is 0 Å². The fourth-order valence-corrected chi connectivity index (χ4v) is 4.28. The maximum atomic E-state index is 13.5. The predicted molar refractivity (Wildman–Crippen MR) is 127 cm³/mol. The minimum Gasteiger partial charge on any atom is -0.322 e. The number of nitrogens with zero attached hydrogens (tertiary/aromatic N) is 1. The van der Waals surface area contributed by atoms with Gasteiger partial charge in [-0.25, -0.2) is 0 Å². The Bertz CT molecular complexity index is 1270. The van der Waals surface area contributed by atoms with Crippen molar-refractivity contribution >= 4 is 17.4 Å². The van der Waals surface area contributed by atoms with E-state index in [1.165, 1.54) is 6.07 Å². The molecule has 1 aromatic heterocycles. The molecule has 1 amide bonds. The summed E-state index contributed by atoms with van der Waals surface area (Å²) in [7, 11) is 0. The molecule has 32 heavy (non-hydrogen) atoms. The van der Waals surface area contributed by atoms with Crippen LogP contribution in [0.4, 0.5) is 5.69 Å². The van der Waals surface area contributed by atoms with Gasteiger partial charge in [0, 0.05) is 29.1 Å². The molecule has 0 radical (unpaired) electrons. The number of benzene rings is 2. The summed E-state index contributed by atoms with van der Waals surface area (Å²) in [6.07, 6.45) is 1.75.